The highest BCUT2D eigenvalue weighted by molar-refractivity contribution is 5.46. The van der Waals surface area contributed by atoms with Crippen LogP contribution in [-0.4, -0.2) is 9.38 Å². The molecule has 2 aromatic heterocycles. The number of benzene rings is 1. The van der Waals surface area contributed by atoms with Gasteiger partial charge in [-0.05, 0) is 41.7 Å². The van der Waals surface area contributed by atoms with Crippen molar-refractivity contribution in [2.75, 3.05) is 0 Å². The highest BCUT2D eigenvalue weighted by Crippen LogP contribution is 2.20. The van der Waals surface area contributed by atoms with Gasteiger partial charge in [0.05, 0.1) is 5.69 Å². The summed E-state index contributed by atoms with van der Waals surface area (Å²) in [4.78, 5) is 4.72. The van der Waals surface area contributed by atoms with Crippen LogP contribution in [0.3, 0.4) is 0 Å². The SMILES string of the molecule is Cc1cc(Cc2ccc(CF)cc2)n2cc(C(C)C)nc2c1.[HH]. The maximum absolute atomic E-state index is 12.6. The predicted molar refractivity (Wildman–Crippen MR) is 90.2 cm³/mol. The maximum atomic E-state index is 12.6. The Hall–Kier alpha value is -2.16. The Kier molecular flexibility index (Phi) is 3.97. The molecule has 3 heteroatoms. The number of aryl methyl sites for hydroxylation is 1. The van der Waals surface area contributed by atoms with Gasteiger partial charge in [-0.25, -0.2) is 9.37 Å². The van der Waals surface area contributed by atoms with Crippen LogP contribution < -0.4 is 0 Å². The Labute approximate surface area is 132 Å². The molecular formula is C19H23FN2. The fourth-order valence-corrected chi connectivity index (χ4v) is 2.69. The van der Waals surface area contributed by atoms with Gasteiger partial charge in [0.15, 0.2) is 0 Å². The zero-order valence-electron chi connectivity index (χ0n) is 13.3. The summed E-state index contributed by atoms with van der Waals surface area (Å²) in [5.41, 5.74) is 6.44. The second kappa shape index (κ2) is 5.91. The molecule has 0 unspecified atom stereocenters. The molecular weight excluding hydrogens is 275 g/mol. The lowest BCUT2D eigenvalue weighted by Gasteiger charge is -2.08. The van der Waals surface area contributed by atoms with Crippen molar-refractivity contribution in [2.45, 2.75) is 39.8 Å². The van der Waals surface area contributed by atoms with Crippen LogP contribution in [0.5, 0.6) is 0 Å². The summed E-state index contributed by atoms with van der Waals surface area (Å²) in [5, 5.41) is 0. The fraction of sp³-hybridized carbons (Fsp3) is 0.316. The summed E-state index contributed by atoms with van der Waals surface area (Å²) in [6, 6.07) is 12.0. The number of nitrogens with zero attached hydrogens (tertiary/aromatic N) is 2. The van der Waals surface area contributed by atoms with Crippen LogP contribution in [-0.2, 0) is 13.1 Å². The number of rotatable bonds is 4. The van der Waals surface area contributed by atoms with Crippen LogP contribution in [0.1, 0.15) is 49.3 Å². The van der Waals surface area contributed by atoms with E-state index in [-0.39, 0.29) is 1.43 Å². The number of hydrogen-bond donors (Lipinski definition) is 0. The van der Waals surface area contributed by atoms with Crippen molar-refractivity contribution in [1.29, 1.82) is 0 Å². The van der Waals surface area contributed by atoms with Crippen molar-refractivity contribution in [3.63, 3.8) is 0 Å². The van der Waals surface area contributed by atoms with Gasteiger partial charge < -0.3 is 4.40 Å². The van der Waals surface area contributed by atoms with Crippen molar-refractivity contribution < 1.29 is 5.82 Å². The molecule has 1 aromatic carbocycles. The molecule has 116 valence electrons. The Bertz CT molecular complexity index is 791. The van der Waals surface area contributed by atoms with Crippen molar-refractivity contribution in [1.82, 2.24) is 9.38 Å². The van der Waals surface area contributed by atoms with Crippen molar-refractivity contribution in [3.8, 4) is 0 Å². The van der Waals surface area contributed by atoms with Gasteiger partial charge in [-0.2, -0.15) is 0 Å². The predicted octanol–water partition coefficient (Wildman–Crippen LogP) is 5.07. The largest absolute Gasteiger partial charge is 0.303 e. The van der Waals surface area contributed by atoms with Crippen molar-refractivity contribution in [2.24, 2.45) is 0 Å². The molecule has 2 nitrogen and oxygen atoms in total. The summed E-state index contributed by atoms with van der Waals surface area (Å²) < 4.78 is 14.8. The maximum Gasteiger partial charge on any atom is 0.137 e. The number of pyridine rings is 1. The van der Waals surface area contributed by atoms with Crippen LogP contribution in [0, 0.1) is 6.92 Å². The molecule has 22 heavy (non-hydrogen) atoms. The molecule has 0 amide bonds. The molecule has 3 rings (SSSR count). The molecule has 0 aliphatic heterocycles. The molecule has 0 atom stereocenters. The second-order valence-electron chi connectivity index (χ2n) is 6.20. The van der Waals surface area contributed by atoms with E-state index in [4.69, 9.17) is 4.98 Å². The number of alkyl halides is 1. The Balaban J connectivity index is 0.00000192. The molecule has 0 radical (unpaired) electrons. The standard InChI is InChI=1S/C19H21FN2.H2/c1-13(2)18-12-22-17(8-14(3)9-19(22)21-18)10-15-4-6-16(11-20)7-5-15;/h4-9,12-13H,10-11H2,1-3H3;1H. The zero-order chi connectivity index (χ0) is 15.7. The number of aromatic nitrogens is 2. The van der Waals surface area contributed by atoms with Crippen LogP contribution in [0.25, 0.3) is 5.65 Å². The quantitative estimate of drug-likeness (QED) is 0.657. The molecule has 3 aromatic rings. The third kappa shape index (κ3) is 2.89. The molecule has 2 heterocycles. The lowest BCUT2D eigenvalue weighted by molar-refractivity contribution is 0.485. The highest BCUT2D eigenvalue weighted by atomic mass is 19.1. The van der Waals surface area contributed by atoms with Gasteiger partial charge in [0.25, 0.3) is 0 Å². The van der Waals surface area contributed by atoms with Gasteiger partial charge in [0.2, 0.25) is 0 Å². The van der Waals surface area contributed by atoms with Gasteiger partial charge in [-0.3, -0.25) is 0 Å². The van der Waals surface area contributed by atoms with Crippen molar-refractivity contribution >= 4 is 5.65 Å². The molecule has 0 aliphatic carbocycles. The lowest BCUT2D eigenvalue weighted by Crippen LogP contribution is -1.98. The lowest BCUT2D eigenvalue weighted by atomic mass is 10.1. The molecule has 0 bridgehead atoms. The number of hydrogen-bond acceptors (Lipinski definition) is 1. The van der Waals surface area contributed by atoms with E-state index in [0.29, 0.717) is 5.92 Å². The topological polar surface area (TPSA) is 17.3 Å². The zero-order valence-corrected chi connectivity index (χ0v) is 13.3. The third-order valence-electron chi connectivity index (χ3n) is 3.97. The van der Waals surface area contributed by atoms with Gasteiger partial charge in [-0.1, -0.05) is 38.1 Å². The first-order chi connectivity index (χ1) is 10.6. The summed E-state index contributed by atoms with van der Waals surface area (Å²) >= 11 is 0. The van der Waals surface area contributed by atoms with E-state index in [9.17, 15) is 4.39 Å². The van der Waals surface area contributed by atoms with Crippen LogP contribution >= 0.6 is 0 Å². The first-order valence-corrected chi connectivity index (χ1v) is 7.69. The van der Waals surface area contributed by atoms with Crippen LogP contribution in [0.4, 0.5) is 4.39 Å². The normalized spacial score (nSPS) is 11.5. The Morgan fingerprint density at radius 1 is 1.14 bits per heavy atom. The number of imidazole rings is 1. The van der Waals surface area contributed by atoms with E-state index in [2.05, 4.69) is 43.5 Å². The molecule has 0 saturated heterocycles. The smallest absolute Gasteiger partial charge is 0.137 e. The monoisotopic (exact) mass is 298 g/mol. The average Bonchev–Trinajstić information content (AvgIpc) is 2.92. The van der Waals surface area contributed by atoms with E-state index >= 15 is 0 Å². The number of halogens is 1. The number of fused-ring (bicyclic) bond motifs is 1. The van der Waals surface area contributed by atoms with Crippen molar-refractivity contribution in [3.05, 3.63) is 70.7 Å². The Morgan fingerprint density at radius 3 is 2.45 bits per heavy atom. The first kappa shape index (κ1) is 14.8. The molecule has 0 aliphatic rings. The minimum Gasteiger partial charge on any atom is -0.303 e. The molecule has 0 N–H and O–H groups in total. The Morgan fingerprint density at radius 2 is 1.82 bits per heavy atom. The van der Waals surface area contributed by atoms with Gasteiger partial charge in [0.1, 0.15) is 12.3 Å². The summed E-state index contributed by atoms with van der Waals surface area (Å²) in [5.74, 6) is 0.414. The highest BCUT2D eigenvalue weighted by Gasteiger charge is 2.10. The van der Waals surface area contributed by atoms with E-state index in [1.165, 1.54) is 16.8 Å². The summed E-state index contributed by atoms with van der Waals surface area (Å²) in [6.07, 6.45) is 2.95. The minimum atomic E-state index is -0.408. The third-order valence-corrected chi connectivity index (χ3v) is 3.97. The molecule has 0 spiro atoms. The summed E-state index contributed by atoms with van der Waals surface area (Å²) in [7, 11) is 0. The van der Waals surface area contributed by atoms with Gasteiger partial charge >= 0.3 is 0 Å². The van der Waals surface area contributed by atoms with E-state index < -0.39 is 6.67 Å². The molecule has 0 fully saturated rings. The van der Waals surface area contributed by atoms with E-state index in [0.717, 1.165) is 23.3 Å². The fourth-order valence-electron chi connectivity index (χ4n) is 2.69. The minimum absolute atomic E-state index is 0. The first-order valence-electron chi connectivity index (χ1n) is 7.69. The van der Waals surface area contributed by atoms with Gasteiger partial charge in [-0.15, -0.1) is 0 Å². The van der Waals surface area contributed by atoms with Crippen LogP contribution in [0.2, 0.25) is 0 Å². The average molecular weight is 298 g/mol. The van der Waals surface area contributed by atoms with Crippen LogP contribution in [0.15, 0.2) is 42.6 Å². The van der Waals surface area contributed by atoms with E-state index in [1.807, 2.05) is 24.3 Å². The summed E-state index contributed by atoms with van der Waals surface area (Å²) in [6.45, 7) is 6.00. The second-order valence-corrected chi connectivity index (χ2v) is 6.20. The van der Waals surface area contributed by atoms with E-state index in [1.54, 1.807) is 0 Å². The van der Waals surface area contributed by atoms with Gasteiger partial charge in [0, 0.05) is 19.7 Å². The molecule has 0 saturated carbocycles.